The van der Waals surface area contributed by atoms with Crippen LogP contribution >= 0.6 is 0 Å². The van der Waals surface area contributed by atoms with Crippen molar-refractivity contribution >= 4 is 5.91 Å². The molecule has 19 heavy (non-hydrogen) atoms. The SMILES string of the molecule is CC(C)CCC(=O)N(C)CC1CCN(C(C)C)CC1. The second-order valence-corrected chi connectivity index (χ2v) is 6.78. The Morgan fingerprint density at radius 1 is 1.21 bits per heavy atom. The van der Waals surface area contributed by atoms with Gasteiger partial charge in [0.05, 0.1) is 0 Å². The summed E-state index contributed by atoms with van der Waals surface area (Å²) in [4.78, 5) is 16.5. The Kier molecular flexibility index (Phi) is 6.84. The van der Waals surface area contributed by atoms with E-state index in [0.29, 0.717) is 30.2 Å². The van der Waals surface area contributed by atoms with Gasteiger partial charge in [0.25, 0.3) is 0 Å². The van der Waals surface area contributed by atoms with Crippen LogP contribution in [0.2, 0.25) is 0 Å². The van der Waals surface area contributed by atoms with Gasteiger partial charge in [0.1, 0.15) is 0 Å². The minimum Gasteiger partial charge on any atom is -0.345 e. The maximum absolute atomic E-state index is 12.0. The third kappa shape index (κ3) is 5.94. The van der Waals surface area contributed by atoms with Crippen LogP contribution in [-0.2, 0) is 4.79 Å². The minimum absolute atomic E-state index is 0.319. The van der Waals surface area contributed by atoms with E-state index in [1.54, 1.807) is 0 Å². The van der Waals surface area contributed by atoms with Crippen LogP contribution in [-0.4, -0.2) is 48.4 Å². The van der Waals surface area contributed by atoms with Gasteiger partial charge >= 0.3 is 0 Å². The molecule has 0 radical (unpaired) electrons. The van der Waals surface area contributed by atoms with Crippen molar-refractivity contribution in [2.24, 2.45) is 11.8 Å². The maximum atomic E-state index is 12.0. The third-order valence-corrected chi connectivity index (χ3v) is 4.27. The van der Waals surface area contributed by atoms with E-state index in [9.17, 15) is 4.79 Å². The molecule has 0 aromatic heterocycles. The molecule has 1 aliphatic rings. The van der Waals surface area contributed by atoms with Crippen molar-refractivity contribution in [3.8, 4) is 0 Å². The van der Waals surface area contributed by atoms with Crippen molar-refractivity contribution in [3.05, 3.63) is 0 Å². The van der Waals surface area contributed by atoms with E-state index < -0.39 is 0 Å². The van der Waals surface area contributed by atoms with E-state index >= 15 is 0 Å². The lowest BCUT2D eigenvalue weighted by molar-refractivity contribution is -0.131. The van der Waals surface area contributed by atoms with Crippen LogP contribution in [0.5, 0.6) is 0 Å². The number of hydrogen-bond acceptors (Lipinski definition) is 2. The van der Waals surface area contributed by atoms with Gasteiger partial charge in [0, 0.05) is 26.1 Å². The molecule has 0 bridgehead atoms. The number of carbonyl (C=O) groups is 1. The first-order valence-electron chi connectivity index (χ1n) is 7.88. The van der Waals surface area contributed by atoms with Crippen LogP contribution < -0.4 is 0 Å². The van der Waals surface area contributed by atoms with Gasteiger partial charge in [-0.3, -0.25) is 4.79 Å². The zero-order chi connectivity index (χ0) is 14.4. The molecule has 1 rings (SSSR count). The van der Waals surface area contributed by atoms with Gasteiger partial charge in [-0.1, -0.05) is 13.8 Å². The molecule has 1 fully saturated rings. The molecule has 0 N–H and O–H groups in total. The molecular formula is C16H32N2O. The standard InChI is InChI=1S/C16H32N2O/c1-13(2)6-7-16(19)17(5)12-15-8-10-18(11-9-15)14(3)4/h13-15H,6-12H2,1-5H3. The Bertz CT molecular complexity index is 268. The number of rotatable bonds is 6. The molecule has 112 valence electrons. The summed E-state index contributed by atoms with van der Waals surface area (Å²) >= 11 is 0. The summed E-state index contributed by atoms with van der Waals surface area (Å²) in [6.45, 7) is 12.2. The second kappa shape index (κ2) is 7.88. The fourth-order valence-electron chi connectivity index (χ4n) is 2.74. The van der Waals surface area contributed by atoms with Gasteiger partial charge in [0.2, 0.25) is 5.91 Å². The van der Waals surface area contributed by atoms with Crippen molar-refractivity contribution in [1.82, 2.24) is 9.80 Å². The van der Waals surface area contributed by atoms with Crippen molar-refractivity contribution < 1.29 is 4.79 Å². The highest BCUT2D eigenvalue weighted by atomic mass is 16.2. The van der Waals surface area contributed by atoms with Crippen LogP contribution in [0, 0.1) is 11.8 Å². The van der Waals surface area contributed by atoms with E-state index in [-0.39, 0.29) is 0 Å². The summed E-state index contributed by atoms with van der Waals surface area (Å²) in [6, 6.07) is 0.659. The summed E-state index contributed by atoms with van der Waals surface area (Å²) in [6.07, 6.45) is 4.19. The number of hydrogen-bond donors (Lipinski definition) is 0. The summed E-state index contributed by atoms with van der Waals surface area (Å²) in [5.74, 6) is 1.63. The van der Waals surface area contributed by atoms with Gasteiger partial charge in [0.15, 0.2) is 0 Å². The molecule has 1 heterocycles. The van der Waals surface area contributed by atoms with Gasteiger partial charge in [-0.2, -0.15) is 0 Å². The number of nitrogens with zero attached hydrogens (tertiary/aromatic N) is 2. The number of amides is 1. The molecule has 0 unspecified atom stereocenters. The quantitative estimate of drug-likeness (QED) is 0.739. The average Bonchev–Trinajstić information content (AvgIpc) is 2.36. The first kappa shape index (κ1) is 16.5. The monoisotopic (exact) mass is 268 g/mol. The zero-order valence-corrected chi connectivity index (χ0v) is 13.5. The highest BCUT2D eigenvalue weighted by molar-refractivity contribution is 5.75. The molecule has 1 saturated heterocycles. The van der Waals surface area contributed by atoms with Crippen LogP contribution in [0.4, 0.5) is 0 Å². The molecule has 0 atom stereocenters. The molecule has 0 saturated carbocycles. The molecule has 3 nitrogen and oxygen atoms in total. The average molecular weight is 268 g/mol. The summed E-state index contributed by atoms with van der Waals surface area (Å²) in [5, 5.41) is 0. The Hall–Kier alpha value is -0.570. The minimum atomic E-state index is 0.319. The second-order valence-electron chi connectivity index (χ2n) is 6.78. The molecule has 1 amide bonds. The lowest BCUT2D eigenvalue weighted by atomic mass is 9.95. The van der Waals surface area contributed by atoms with Crippen LogP contribution in [0.15, 0.2) is 0 Å². The van der Waals surface area contributed by atoms with E-state index in [0.717, 1.165) is 13.0 Å². The molecule has 0 aromatic carbocycles. The first-order chi connectivity index (χ1) is 8.90. The lowest BCUT2D eigenvalue weighted by Gasteiger charge is -2.36. The van der Waals surface area contributed by atoms with E-state index in [1.165, 1.54) is 25.9 Å². The fourth-order valence-corrected chi connectivity index (χ4v) is 2.74. The summed E-state index contributed by atoms with van der Waals surface area (Å²) in [5.41, 5.74) is 0. The van der Waals surface area contributed by atoms with Gasteiger partial charge < -0.3 is 9.80 Å². The number of likely N-dealkylation sites (tertiary alicyclic amines) is 1. The number of piperidine rings is 1. The predicted molar refractivity (Wildman–Crippen MR) is 81.1 cm³/mol. The Morgan fingerprint density at radius 2 is 1.79 bits per heavy atom. The van der Waals surface area contributed by atoms with E-state index in [1.807, 2.05) is 11.9 Å². The lowest BCUT2D eigenvalue weighted by Crippen LogP contribution is -2.42. The molecular weight excluding hydrogens is 236 g/mol. The molecule has 1 aliphatic heterocycles. The normalized spacial score (nSPS) is 18.3. The van der Waals surface area contributed by atoms with Crippen LogP contribution in [0.25, 0.3) is 0 Å². The topological polar surface area (TPSA) is 23.6 Å². The van der Waals surface area contributed by atoms with Crippen LogP contribution in [0.1, 0.15) is 53.4 Å². The fraction of sp³-hybridized carbons (Fsp3) is 0.938. The van der Waals surface area contributed by atoms with Gasteiger partial charge in [-0.25, -0.2) is 0 Å². The molecule has 0 aromatic rings. The van der Waals surface area contributed by atoms with Gasteiger partial charge in [-0.05, 0) is 58.0 Å². The zero-order valence-electron chi connectivity index (χ0n) is 13.5. The summed E-state index contributed by atoms with van der Waals surface area (Å²) in [7, 11) is 1.97. The van der Waals surface area contributed by atoms with E-state index in [2.05, 4.69) is 32.6 Å². The van der Waals surface area contributed by atoms with Gasteiger partial charge in [-0.15, -0.1) is 0 Å². The maximum Gasteiger partial charge on any atom is 0.222 e. The Balaban J connectivity index is 2.26. The highest BCUT2D eigenvalue weighted by Crippen LogP contribution is 2.20. The van der Waals surface area contributed by atoms with Crippen molar-refractivity contribution in [2.45, 2.75) is 59.4 Å². The third-order valence-electron chi connectivity index (χ3n) is 4.27. The Morgan fingerprint density at radius 3 is 2.26 bits per heavy atom. The predicted octanol–water partition coefficient (Wildman–Crippen LogP) is 3.00. The largest absolute Gasteiger partial charge is 0.345 e. The summed E-state index contributed by atoms with van der Waals surface area (Å²) < 4.78 is 0. The van der Waals surface area contributed by atoms with Crippen molar-refractivity contribution in [1.29, 1.82) is 0 Å². The van der Waals surface area contributed by atoms with Crippen LogP contribution in [0.3, 0.4) is 0 Å². The molecule has 3 heteroatoms. The van der Waals surface area contributed by atoms with Crippen molar-refractivity contribution in [3.63, 3.8) is 0 Å². The Labute approximate surface area is 119 Å². The molecule has 0 spiro atoms. The number of carbonyl (C=O) groups excluding carboxylic acids is 1. The first-order valence-corrected chi connectivity index (χ1v) is 7.88. The molecule has 0 aliphatic carbocycles. The van der Waals surface area contributed by atoms with Crippen molar-refractivity contribution in [2.75, 3.05) is 26.7 Å². The highest BCUT2D eigenvalue weighted by Gasteiger charge is 2.23. The van der Waals surface area contributed by atoms with E-state index in [4.69, 9.17) is 0 Å². The smallest absolute Gasteiger partial charge is 0.222 e.